The van der Waals surface area contributed by atoms with Crippen molar-refractivity contribution in [1.82, 2.24) is 15.3 Å². The quantitative estimate of drug-likeness (QED) is 0.556. The molecule has 170 valence electrons. The molecule has 1 fully saturated rings. The van der Waals surface area contributed by atoms with Crippen molar-refractivity contribution in [3.8, 4) is 0 Å². The van der Waals surface area contributed by atoms with E-state index in [1.807, 2.05) is 18.2 Å². The fourth-order valence-electron chi connectivity index (χ4n) is 4.25. The first kappa shape index (κ1) is 21.6. The van der Waals surface area contributed by atoms with Crippen LogP contribution < -0.4 is 20.4 Å². The Labute approximate surface area is 199 Å². The molecule has 0 saturated carbocycles. The van der Waals surface area contributed by atoms with E-state index in [-0.39, 0.29) is 6.04 Å². The summed E-state index contributed by atoms with van der Waals surface area (Å²) in [5.74, 6) is 2.28. The van der Waals surface area contributed by atoms with Crippen LogP contribution in [0.3, 0.4) is 0 Å². The van der Waals surface area contributed by atoms with E-state index in [1.165, 1.54) is 16.7 Å². The highest BCUT2D eigenvalue weighted by molar-refractivity contribution is 7.80. The Hall–Kier alpha value is -3.23. The van der Waals surface area contributed by atoms with Gasteiger partial charge in [0.1, 0.15) is 11.6 Å². The molecule has 1 atom stereocenters. The van der Waals surface area contributed by atoms with Crippen molar-refractivity contribution in [3.63, 3.8) is 0 Å². The van der Waals surface area contributed by atoms with Gasteiger partial charge in [0.15, 0.2) is 5.11 Å². The van der Waals surface area contributed by atoms with Crippen LogP contribution in [0.5, 0.6) is 0 Å². The Bertz CT molecular complexity index is 1090. The summed E-state index contributed by atoms with van der Waals surface area (Å²) in [5.41, 5.74) is 3.85. The topological polar surface area (TPSA) is 65.6 Å². The summed E-state index contributed by atoms with van der Waals surface area (Å²) < 4.78 is 5.53. The van der Waals surface area contributed by atoms with Crippen molar-refractivity contribution in [2.24, 2.45) is 0 Å². The van der Waals surface area contributed by atoms with E-state index in [2.05, 4.69) is 69.8 Å². The average molecular weight is 461 g/mol. The van der Waals surface area contributed by atoms with Gasteiger partial charge in [0.05, 0.1) is 19.3 Å². The van der Waals surface area contributed by atoms with Crippen LogP contribution in [0.4, 0.5) is 17.6 Å². The Morgan fingerprint density at radius 2 is 1.52 bits per heavy atom. The number of ether oxygens (including phenoxy) is 1. The molecule has 8 heteroatoms. The highest BCUT2D eigenvalue weighted by Crippen LogP contribution is 2.30. The molecule has 0 aliphatic carbocycles. The summed E-state index contributed by atoms with van der Waals surface area (Å²) in [4.78, 5) is 14.1. The van der Waals surface area contributed by atoms with Gasteiger partial charge in [-0.3, -0.25) is 0 Å². The van der Waals surface area contributed by atoms with Crippen LogP contribution in [0.15, 0.2) is 60.7 Å². The van der Waals surface area contributed by atoms with Crippen LogP contribution in [-0.4, -0.2) is 41.4 Å². The van der Waals surface area contributed by atoms with E-state index >= 15 is 0 Å². The first-order valence-corrected chi connectivity index (χ1v) is 11.7. The average Bonchev–Trinajstić information content (AvgIpc) is 3.29. The van der Waals surface area contributed by atoms with Gasteiger partial charge in [-0.05, 0) is 35.8 Å². The number of hydrogen-bond donors (Lipinski definition) is 2. The number of hydrogen-bond acceptors (Lipinski definition) is 6. The monoisotopic (exact) mass is 460 g/mol. The minimum Gasteiger partial charge on any atom is -0.378 e. The van der Waals surface area contributed by atoms with Crippen molar-refractivity contribution in [3.05, 3.63) is 77.4 Å². The van der Waals surface area contributed by atoms with Gasteiger partial charge in [0, 0.05) is 32.2 Å². The molecule has 7 nitrogen and oxygen atoms in total. The lowest BCUT2D eigenvalue weighted by atomic mass is 10.1. The number of thiocarbonyl (C=S) groups is 1. The second-order valence-electron chi connectivity index (χ2n) is 8.36. The smallest absolute Gasteiger partial charge is 0.232 e. The van der Waals surface area contributed by atoms with Gasteiger partial charge in [0.25, 0.3) is 0 Å². The SMILES string of the molecule is C[C@@H](NC(=S)Nc1nc(N2CCOCC2)cc(N2Cc3ccccc3C2)n1)c1ccccc1. The predicted molar refractivity (Wildman–Crippen MR) is 136 cm³/mol. The maximum atomic E-state index is 5.60. The summed E-state index contributed by atoms with van der Waals surface area (Å²) in [7, 11) is 0. The number of aromatic nitrogens is 2. The molecule has 33 heavy (non-hydrogen) atoms. The van der Waals surface area contributed by atoms with Crippen molar-refractivity contribution in [2.45, 2.75) is 26.1 Å². The van der Waals surface area contributed by atoms with E-state index < -0.39 is 0 Å². The first-order chi connectivity index (χ1) is 16.2. The Kier molecular flexibility index (Phi) is 6.37. The number of nitrogens with zero attached hydrogens (tertiary/aromatic N) is 4. The van der Waals surface area contributed by atoms with Crippen LogP contribution >= 0.6 is 12.2 Å². The van der Waals surface area contributed by atoms with Gasteiger partial charge in [-0.1, -0.05) is 54.6 Å². The van der Waals surface area contributed by atoms with E-state index in [0.29, 0.717) is 24.3 Å². The molecule has 1 saturated heterocycles. The van der Waals surface area contributed by atoms with Crippen LogP contribution in [0, 0.1) is 0 Å². The molecule has 2 N–H and O–H groups in total. The first-order valence-electron chi connectivity index (χ1n) is 11.3. The third-order valence-electron chi connectivity index (χ3n) is 6.07. The van der Waals surface area contributed by atoms with Gasteiger partial charge < -0.3 is 25.2 Å². The summed E-state index contributed by atoms with van der Waals surface area (Å²) >= 11 is 5.60. The third-order valence-corrected chi connectivity index (χ3v) is 6.29. The molecule has 2 aromatic carbocycles. The van der Waals surface area contributed by atoms with Gasteiger partial charge in [-0.15, -0.1) is 0 Å². The van der Waals surface area contributed by atoms with E-state index in [9.17, 15) is 0 Å². The van der Waals surface area contributed by atoms with Crippen molar-refractivity contribution in [2.75, 3.05) is 41.4 Å². The lowest BCUT2D eigenvalue weighted by Gasteiger charge is -2.29. The van der Waals surface area contributed by atoms with E-state index in [4.69, 9.17) is 26.9 Å². The molecule has 0 unspecified atom stereocenters. The fourth-order valence-corrected chi connectivity index (χ4v) is 4.52. The normalized spacial score (nSPS) is 16.3. The summed E-state index contributed by atoms with van der Waals surface area (Å²) in [6, 6.07) is 20.9. The Balaban J connectivity index is 1.37. The van der Waals surface area contributed by atoms with Crippen LogP contribution in [0.2, 0.25) is 0 Å². The largest absolute Gasteiger partial charge is 0.378 e. The minimum absolute atomic E-state index is 0.0705. The van der Waals surface area contributed by atoms with Crippen molar-refractivity contribution >= 4 is 34.9 Å². The standard InChI is InChI=1S/C25H28N6OS/c1-18(19-7-3-2-4-8-19)26-25(33)29-24-27-22(30-11-13-32-14-12-30)15-23(28-24)31-16-20-9-5-6-10-21(20)17-31/h2-10,15,18H,11-14,16-17H2,1H3,(H2,26,27,28,29,33)/t18-/m1/s1. The third kappa shape index (κ3) is 5.07. The predicted octanol–water partition coefficient (Wildman–Crippen LogP) is 3.88. The number of benzene rings is 2. The zero-order valence-electron chi connectivity index (χ0n) is 18.7. The van der Waals surface area contributed by atoms with Gasteiger partial charge in [0.2, 0.25) is 5.95 Å². The number of anilines is 3. The molecule has 0 radical (unpaired) electrons. The second kappa shape index (κ2) is 9.72. The zero-order valence-corrected chi connectivity index (χ0v) is 19.5. The van der Waals surface area contributed by atoms with Crippen LogP contribution in [0.1, 0.15) is 29.7 Å². The summed E-state index contributed by atoms with van der Waals surface area (Å²) in [5, 5.41) is 7.06. The molecular formula is C25H28N6OS. The fraction of sp³-hybridized carbons (Fsp3) is 0.320. The van der Waals surface area contributed by atoms with Gasteiger partial charge >= 0.3 is 0 Å². The van der Waals surface area contributed by atoms with Crippen LogP contribution in [-0.2, 0) is 17.8 Å². The molecule has 0 bridgehead atoms. The van der Waals surface area contributed by atoms with E-state index in [0.717, 1.165) is 37.8 Å². The number of nitrogens with one attached hydrogen (secondary N) is 2. The van der Waals surface area contributed by atoms with Gasteiger partial charge in [-0.2, -0.15) is 9.97 Å². The molecule has 2 aliphatic heterocycles. The van der Waals surface area contributed by atoms with Crippen LogP contribution in [0.25, 0.3) is 0 Å². The second-order valence-corrected chi connectivity index (χ2v) is 8.77. The molecule has 0 spiro atoms. The highest BCUT2D eigenvalue weighted by Gasteiger charge is 2.23. The van der Waals surface area contributed by atoms with Crippen molar-refractivity contribution in [1.29, 1.82) is 0 Å². The minimum atomic E-state index is 0.0705. The maximum absolute atomic E-state index is 5.60. The molecule has 2 aliphatic rings. The number of rotatable bonds is 5. The zero-order chi connectivity index (χ0) is 22.6. The van der Waals surface area contributed by atoms with Gasteiger partial charge in [-0.25, -0.2) is 0 Å². The molecule has 0 amide bonds. The lowest BCUT2D eigenvalue weighted by molar-refractivity contribution is 0.122. The molecule has 3 aromatic rings. The lowest BCUT2D eigenvalue weighted by Crippen LogP contribution is -2.37. The maximum Gasteiger partial charge on any atom is 0.232 e. The highest BCUT2D eigenvalue weighted by atomic mass is 32.1. The molecule has 3 heterocycles. The molecular weight excluding hydrogens is 432 g/mol. The Morgan fingerprint density at radius 3 is 2.18 bits per heavy atom. The summed E-state index contributed by atoms with van der Waals surface area (Å²) in [6.07, 6.45) is 0. The van der Waals surface area contributed by atoms with Crippen molar-refractivity contribution < 1.29 is 4.74 Å². The molecule has 5 rings (SSSR count). The number of morpholine rings is 1. The number of fused-ring (bicyclic) bond motifs is 1. The Morgan fingerprint density at radius 1 is 0.909 bits per heavy atom. The molecule has 1 aromatic heterocycles. The van der Waals surface area contributed by atoms with E-state index in [1.54, 1.807) is 0 Å². The summed E-state index contributed by atoms with van der Waals surface area (Å²) in [6.45, 7) is 6.78.